The average molecular weight is 319 g/mol. The first-order valence-corrected chi connectivity index (χ1v) is 7.84. The number of nitrogens with one attached hydrogen (secondary N) is 2. The predicted octanol–water partition coefficient (Wildman–Crippen LogP) is -0.696. The van der Waals surface area contributed by atoms with Crippen LogP contribution in [0.1, 0.15) is 29.8 Å². The number of piperidine rings is 2. The third kappa shape index (κ3) is 2.74. The van der Waals surface area contributed by atoms with Gasteiger partial charge in [0.15, 0.2) is 11.5 Å². The van der Waals surface area contributed by atoms with Gasteiger partial charge in [0.2, 0.25) is 5.91 Å². The Bertz CT molecular complexity index is 606. The van der Waals surface area contributed by atoms with Crippen molar-refractivity contribution < 1.29 is 14.7 Å². The molecule has 0 radical (unpaired) electrons. The fourth-order valence-electron chi connectivity index (χ4n) is 3.38. The van der Waals surface area contributed by atoms with E-state index in [1.807, 2.05) is 4.90 Å². The van der Waals surface area contributed by atoms with Gasteiger partial charge in [-0.3, -0.25) is 9.59 Å². The molecule has 3 N–H and O–H groups in total. The minimum atomic E-state index is -0.780. The van der Waals surface area contributed by atoms with Crippen LogP contribution in [0, 0.1) is 5.41 Å². The van der Waals surface area contributed by atoms with E-state index >= 15 is 0 Å². The fourth-order valence-corrected chi connectivity index (χ4v) is 3.38. The second kappa shape index (κ2) is 6.11. The molecule has 3 heterocycles. The molecule has 0 bridgehead atoms. The topological polar surface area (TPSA) is 107 Å². The number of nitrogens with zero attached hydrogens (tertiary/aromatic N) is 3. The van der Waals surface area contributed by atoms with Crippen LogP contribution in [0.4, 0.5) is 5.82 Å². The Hall–Kier alpha value is -2.22. The van der Waals surface area contributed by atoms with Crippen molar-refractivity contribution >= 4 is 17.6 Å². The van der Waals surface area contributed by atoms with E-state index in [0.717, 1.165) is 6.42 Å². The van der Waals surface area contributed by atoms with Gasteiger partial charge in [-0.1, -0.05) is 0 Å². The second-order valence-corrected chi connectivity index (χ2v) is 6.10. The van der Waals surface area contributed by atoms with Crippen molar-refractivity contribution in [3.8, 4) is 0 Å². The maximum atomic E-state index is 12.4. The molecule has 2 fully saturated rings. The van der Waals surface area contributed by atoms with Crippen molar-refractivity contribution in [2.24, 2.45) is 5.41 Å². The smallest absolute Gasteiger partial charge is 0.271 e. The quantitative estimate of drug-likeness (QED) is 0.666. The van der Waals surface area contributed by atoms with E-state index in [1.54, 1.807) is 12.1 Å². The maximum absolute atomic E-state index is 12.4. The molecule has 0 saturated carbocycles. The number of hydrogen-bond acceptors (Lipinski definition) is 6. The van der Waals surface area contributed by atoms with Crippen LogP contribution in [0.5, 0.6) is 0 Å². The van der Waals surface area contributed by atoms with Gasteiger partial charge in [0, 0.05) is 26.7 Å². The number of aromatic nitrogens is 2. The first-order chi connectivity index (χ1) is 11.1. The molecule has 0 unspecified atom stereocenters. The Morgan fingerprint density at radius 1 is 1.48 bits per heavy atom. The molecule has 1 spiro atoms. The van der Waals surface area contributed by atoms with E-state index < -0.39 is 11.5 Å². The molecular weight excluding hydrogens is 298 g/mol. The maximum Gasteiger partial charge on any atom is 0.271 e. The molecule has 0 aromatic carbocycles. The zero-order chi connectivity index (χ0) is 16.4. The predicted molar refractivity (Wildman–Crippen MR) is 82.9 cm³/mol. The molecule has 3 rings (SSSR count). The number of aliphatic hydroxyl groups is 1. The molecule has 1 aromatic rings. The lowest BCUT2D eigenvalue weighted by Gasteiger charge is -2.47. The lowest BCUT2D eigenvalue weighted by Crippen LogP contribution is -2.61. The summed E-state index contributed by atoms with van der Waals surface area (Å²) in [5, 5.41) is 23.8. The van der Waals surface area contributed by atoms with E-state index in [1.165, 1.54) is 7.05 Å². The van der Waals surface area contributed by atoms with Gasteiger partial charge in [-0.2, -0.15) is 0 Å². The molecular formula is C15H21N5O3. The molecule has 0 aliphatic carbocycles. The highest BCUT2D eigenvalue weighted by Gasteiger charge is 2.50. The Morgan fingerprint density at radius 3 is 2.96 bits per heavy atom. The summed E-state index contributed by atoms with van der Waals surface area (Å²) in [5.74, 6) is 0.236. The number of rotatable bonds is 2. The number of aliphatic hydroxyl groups excluding tert-OH is 1. The van der Waals surface area contributed by atoms with Gasteiger partial charge >= 0.3 is 0 Å². The minimum absolute atomic E-state index is 0.0871. The summed E-state index contributed by atoms with van der Waals surface area (Å²) in [7, 11) is 1.54. The van der Waals surface area contributed by atoms with Gasteiger partial charge in [-0.05, 0) is 31.4 Å². The van der Waals surface area contributed by atoms with Crippen LogP contribution in [0.3, 0.4) is 0 Å². The third-order valence-corrected chi connectivity index (χ3v) is 4.75. The van der Waals surface area contributed by atoms with Gasteiger partial charge < -0.3 is 20.6 Å². The SMILES string of the molecule is CNC(=O)c1ccc(N2CC[C@H](O)[C@@]3(CCCNC3=O)C2)nn1. The molecule has 2 atom stereocenters. The Balaban J connectivity index is 1.81. The van der Waals surface area contributed by atoms with Crippen molar-refractivity contribution in [3.05, 3.63) is 17.8 Å². The van der Waals surface area contributed by atoms with E-state index in [0.29, 0.717) is 38.3 Å². The Labute approximate surface area is 134 Å². The lowest BCUT2D eigenvalue weighted by molar-refractivity contribution is -0.142. The van der Waals surface area contributed by atoms with Crippen molar-refractivity contribution in [2.45, 2.75) is 25.4 Å². The van der Waals surface area contributed by atoms with Gasteiger partial charge in [0.1, 0.15) is 0 Å². The largest absolute Gasteiger partial charge is 0.392 e. The van der Waals surface area contributed by atoms with Crippen LogP contribution < -0.4 is 15.5 Å². The lowest BCUT2D eigenvalue weighted by atomic mass is 9.71. The molecule has 2 amide bonds. The number of hydrogen-bond donors (Lipinski definition) is 3. The van der Waals surface area contributed by atoms with Gasteiger partial charge in [-0.15, -0.1) is 10.2 Å². The molecule has 2 saturated heterocycles. The fraction of sp³-hybridized carbons (Fsp3) is 0.600. The standard InChI is InChI=1S/C15H21N5O3/c1-16-13(22)10-3-4-12(19-18-10)20-8-5-11(21)15(9-20)6-2-7-17-14(15)23/h3-4,11,21H,2,5-9H2,1H3,(H,16,22)(H,17,23)/t11-,15+/m0/s1. The molecule has 23 heavy (non-hydrogen) atoms. The van der Waals surface area contributed by atoms with E-state index in [4.69, 9.17) is 0 Å². The summed E-state index contributed by atoms with van der Waals surface area (Å²) < 4.78 is 0. The second-order valence-electron chi connectivity index (χ2n) is 6.10. The summed E-state index contributed by atoms with van der Waals surface area (Å²) in [6.07, 6.45) is 1.39. The summed E-state index contributed by atoms with van der Waals surface area (Å²) in [5.41, 5.74) is -0.532. The van der Waals surface area contributed by atoms with Crippen LogP contribution in [0.25, 0.3) is 0 Å². The normalized spacial score (nSPS) is 27.7. The zero-order valence-electron chi connectivity index (χ0n) is 13.1. The van der Waals surface area contributed by atoms with Crippen LogP contribution in [-0.2, 0) is 4.79 Å². The number of amides is 2. The Morgan fingerprint density at radius 2 is 2.30 bits per heavy atom. The van der Waals surface area contributed by atoms with E-state index in [2.05, 4.69) is 20.8 Å². The van der Waals surface area contributed by atoms with Crippen LogP contribution in [-0.4, -0.2) is 59.9 Å². The van der Waals surface area contributed by atoms with Crippen LogP contribution in [0.2, 0.25) is 0 Å². The van der Waals surface area contributed by atoms with Crippen LogP contribution >= 0.6 is 0 Å². The van der Waals surface area contributed by atoms with E-state index in [9.17, 15) is 14.7 Å². The average Bonchev–Trinajstić information content (AvgIpc) is 2.59. The van der Waals surface area contributed by atoms with Crippen molar-refractivity contribution in [1.29, 1.82) is 0 Å². The monoisotopic (exact) mass is 319 g/mol. The summed E-state index contributed by atoms with van der Waals surface area (Å²) >= 11 is 0. The molecule has 2 aliphatic rings. The van der Waals surface area contributed by atoms with E-state index in [-0.39, 0.29) is 17.5 Å². The third-order valence-electron chi connectivity index (χ3n) is 4.75. The summed E-state index contributed by atoms with van der Waals surface area (Å²) in [4.78, 5) is 25.8. The van der Waals surface area contributed by atoms with Crippen LogP contribution in [0.15, 0.2) is 12.1 Å². The highest BCUT2D eigenvalue weighted by atomic mass is 16.3. The number of anilines is 1. The first kappa shape index (κ1) is 15.7. The minimum Gasteiger partial charge on any atom is -0.392 e. The Kier molecular flexibility index (Phi) is 4.16. The summed E-state index contributed by atoms with van der Waals surface area (Å²) in [6.45, 7) is 1.67. The molecule has 2 aliphatic heterocycles. The van der Waals surface area contributed by atoms with Gasteiger partial charge in [0.05, 0.1) is 11.5 Å². The number of carbonyl (C=O) groups excluding carboxylic acids is 2. The molecule has 8 heteroatoms. The van der Waals surface area contributed by atoms with Gasteiger partial charge in [-0.25, -0.2) is 0 Å². The van der Waals surface area contributed by atoms with Gasteiger partial charge in [0.25, 0.3) is 5.91 Å². The van der Waals surface area contributed by atoms with Crippen molar-refractivity contribution in [3.63, 3.8) is 0 Å². The van der Waals surface area contributed by atoms with Crippen molar-refractivity contribution in [2.75, 3.05) is 31.6 Å². The highest BCUT2D eigenvalue weighted by molar-refractivity contribution is 5.92. The molecule has 8 nitrogen and oxygen atoms in total. The summed E-state index contributed by atoms with van der Waals surface area (Å²) in [6, 6.07) is 3.34. The number of carbonyl (C=O) groups is 2. The molecule has 124 valence electrons. The highest BCUT2D eigenvalue weighted by Crippen LogP contribution is 2.38. The first-order valence-electron chi connectivity index (χ1n) is 7.84. The molecule has 1 aromatic heterocycles. The zero-order valence-corrected chi connectivity index (χ0v) is 13.1. The van der Waals surface area contributed by atoms with Crippen molar-refractivity contribution in [1.82, 2.24) is 20.8 Å².